The number of para-hydroxylation sites is 3. The predicted molar refractivity (Wildman–Crippen MR) is 189 cm³/mol. The largest absolute Gasteiger partial charge is 0.551 e. The summed E-state index contributed by atoms with van der Waals surface area (Å²) in [4.78, 5) is 0. The van der Waals surface area contributed by atoms with E-state index in [1.807, 2.05) is 12.1 Å². The second kappa shape index (κ2) is 9.75. The zero-order chi connectivity index (χ0) is 30.2. The van der Waals surface area contributed by atoms with Crippen LogP contribution in [0.5, 0.6) is 17.2 Å². The summed E-state index contributed by atoms with van der Waals surface area (Å²) in [6, 6.07) is 55.9. The Morgan fingerprint density at radius 3 is 1.87 bits per heavy atom. The number of aromatic nitrogens is 1. The van der Waals surface area contributed by atoms with E-state index in [9.17, 15) is 0 Å². The zero-order valence-corrected chi connectivity index (χ0v) is 24.9. The zero-order valence-electron chi connectivity index (χ0n) is 24.9. The first-order chi connectivity index (χ1) is 22.8. The normalized spacial score (nSPS) is 12.7. The molecule has 7 aromatic carbocycles. The first kappa shape index (κ1) is 25.3. The van der Waals surface area contributed by atoms with Crippen molar-refractivity contribution in [3.8, 4) is 56.3 Å². The molecule has 2 aliphatic rings. The molecule has 4 heteroatoms. The highest BCUT2D eigenvalue weighted by molar-refractivity contribution is 6.84. The molecule has 0 bridgehead atoms. The maximum Gasteiger partial charge on any atom is 0.434 e. The minimum atomic E-state index is -0.259. The summed E-state index contributed by atoms with van der Waals surface area (Å²) in [5, 5.41) is 2.53. The van der Waals surface area contributed by atoms with E-state index in [2.05, 4.69) is 150 Å². The summed E-state index contributed by atoms with van der Waals surface area (Å²) in [5.41, 5.74) is 12.5. The average Bonchev–Trinajstić information content (AvgIpc) is 3.46. The van der Waals surface area contributed by atoms with Crippen molar-refractivity contribution < 1.29 is 9.39 Å². The summed E-state index contributed by atoms with van der Waals surface area (Å²) in [6.07, 6.45) is 0. The lowest BCUT2D eigenvalue weighted by Crippen LogP contribution is -2.53. The van der Waals surface area contributed by atoms with E-state index in [4.69, 9.17) is 9.39 Å². The molecule has 0 N–H and O–H groups in total. The van der Waals surface area contributed by atoms with Gasteiger partial charge in [-0.05, 0) is 76.3 Å². The van der Waals surface area contributed by atoms with Gasteiger partial charge in [-0.1, -0.05) is 109 Å². The number of rotatable bonds is 3. The van der Waals surface area contributed by atoms with Crippen molar-refractivity contribution in [3.05, 3.63) is 158 Å². The molecule has 2 aliphatic heterocycles. The van der Waals surface area contributed by atoms with E-state index < -0.39 is 0 Å². The second-order valence-electron chi connectivity index (χ2n) is 12.1. The monoisotopic (exact) mass is 587 g/mol. The molecule has 0 spiro atoms. The van der Waals surface area contributed by atoms with Crippen LogP contribution in [0.2, 0.25) is 0 Å². The number of hydrogen-bond acceptors (Lipinski definition) is 2. The van der Waals surface area contributed by atoms with Crippen molar-refractivity contribution in [2.75, 3.05) is 0 Å². The fraction of sp³-hybridized carbons (Fsp3) is 0. The van der Waals surface area contributed by atoms with Crippen LogP contribution in [-0.2, 0) is 0 Å². The van der Waals surface area contributed by atoms with Crippen LogP contribution in [0.4, 0.5) is 0 Å². The van der Waals surface area contributed by atoms with Crippen molar-refractivity contribution in [2.24, 2.45) is 0 Å². The predicted octanol–water partition coefficient (Wildman–Crippen LogP) is 9.39. The first-order valence-electron chi connectivity index (χ1n) is 15.7. The molecule has 0 saturated carbocycles. The lowest BCUT2D eigenvalue weighted by Gasteiger charge is -2.33. The summed E-state index contributed by atoms with van der Waals surface area (Å²) in [7, 11) is 0. The van der Waals surface area contributed by atoms with Gasteiger partial charge in [0.1, 0.15) is 17.2 Å². The van der Waals surface area contributed by atoms with Crippen molar-refractivity contribution in [2.45, 2.75) is 0 Å². The van der Waals surface area contributed by atoms with Gasteiger partial charge in [-0.2, -0.15) is 0 Å². The maximum absolute atomic E-state index is 6.77. The third-order valence-electron chi connectivity index (χ3n) is 9.48. The van der Waals surface area contributed by atoms with Crippen LogP contribution in [-0.4, -0.2) is 11.5 Å². The molecular weight excluding hydrogens is 561 g/mol. The number of nitrogens with zero attached hydrogens (tertiary/aromatic N) is 1. The highest BCUT2D eigenvalue weighted by atomic mass is 16.5. The Labute approximate surface area is 267 Å². The standard InChI is InChI=1S/C42H26BNO2/c1-2-10-27(11-3-1)30-24-35-34-14-6-9-17-39(34)46-43-36-25-29(20-23-40(36)45-41(26-30)42(35)43)28-18-21-31(22-19-28)44-37-15-7-4-12-32(37)33-13-5-8-16-38(33)44/h1-26H. The molecule has 3 nitrogen and oxygen atoms in total. The van der Waals surface area contributed by atoms with E-state index >= 15 is 0 Å². The summed E-state index contributed by atoms with van der Waals surface area (Å²) >= 11 is 0. The van der Waals surface area contributed by atoms with Gasteiger partial charge in [0.05, 0.1) is 11.0 Å². The minimum Gasteiger partial charge on any atom is -0.551 e. The van der Waals surface area contributed by atoms with Gasteiger partial charge in [0.2, 0.25) is 0 Å². The van der Waals surface area contributed by atoms with E-state index in [0.717, 1.165) is 67.2 Å². The van der Waals surface area contributed by atoms with Gasteiger partial charge in [-0.15, -0.1) is 0 Å². The molecule has 0 aliphatic carbocycles. The molecule has 0 amide bonds. The van der Waals surface area contributed by atoms with Gasteiger partial charge < -0.3 is 14.0 Å². The van der Waals surface area contributed by atoms with E-state index in [-0.39, 0.29) is 6.92 Å². The lowest BCUT2D eigenvalue weighted by molar-refractivity contribution is 0.479. The van der Waals surface area contributed by atoms with Crippen molar-refractivity contribution in [3.63, 3.8) is 0 Å². The molecule has 0 fully saturated rings. The molecule has 0 radical (unpaired) electrons. The highest BCUT2D eigenvalue weighted by Crippen LogP contribution is 2.42. The molecule has 46 heavy (non-hydrogen) atoms. The maximum atomic E-state index is 6.77. The molecule has 3 heterocycles. The smallest absolute Gasteiger partial charge is 0.434 e. The van der Waals surface area contributed by atoms with Crippen LogP contribution < -0.4 is 20.3 Å². The SMILES string of the molecule is c1ccc(-c2cc3c4c(c2)-c2ccccc2OB4c2cc(-c4ccc(-n5c6ccccc6c6ccccc65)cc4)ccc2O3)cc1. The minimum absolute atomic E-state index is 0.259. The van der Waals surface area contributed by atoms with Gasteiger partial charge in [-0.25, -0.2) is 0 Å². The van der Waals surface area contributed by atoms with E-state index in [0.29, 0.717) is 0 Å². The molecule has 1 aromatic heterocycles. The molecular formula is C42H26BNO2. The second-order valence-corrected chi connectivity index (χ2v) is 12.1. The summed E-state index contributed by atoms with van der Waals surface area (Å²) in [6.45, 7) is -0.259. The highest BCUT2D eigenvalue weighted by Gasteiger charge is 2.41. The Bertz CT molecular complexity index is 2430. The Kier molecular flexibility index (Phi) is 5.37. The Hall–Kier alpha value is -6.00. The van der Waals surface area contributed by atoms with Gasteiger partial charge in [-0.3, -0.25) is 0 Å². The topological polar surface area (TPSA) is 23.4 Å². The van der Waals surface area contributed by atoms with Crippen LogP contribution >= 0.6 is 0 Å². The Balaban J connectivity index is 1.07. The Morgan fingerprint density at radius 2 is 1.09 bits per heavy atom. The van der Waals surface area contributed by atoms with E-state index in [1.54, 1.807) is 0 Å². The van der Waals surface area contributed by atoms with Crippen LogP contribution in [0.25, 0.3) is 60.9 Å². The number of fused-ring (bicyclic) bond motifs is 7. The van der Waals surface area contributed by atoms with Gasteiger partial charge in [0.15, 0.2) is 0 Å². The summed E-state index contributed by atoms with van der Waals surface area (Å²) < 4.78 is 15.8. The fourth-order valence-electron chi connectivity index (χ4n) is 7.35. The molecule has 0 atom stereocenters. The lowest BCUT2D eigenvalue weighted by atomic mass is 9.50. The van der Waals surface area contributed by atoms with Gasteiger partial charge in [0, 0.05) is 32.9 Å². The van der Waals surface area contributed by atoms with Crippen molar-refractivity contribution in [1.82, 2.24) is 4.57 Å². The molecule has 8 aromatic rings. The van der Waals surface area contributed by atoms with Gasteiger partial charge in [0.25, 0.3) is 0 Å². The Morgan fingerprint density at radius 1 is 0.435 bits per heavy atom. The van der Waals surface area contributed by atoms with E-state index in [1.165, 1.54) is 21.8 Å². The third kappa shape index (κ3) is 3.74. The molecule has 0 unspecified atom stereocenters. The number of ether oxygens (including phenoxy) is 1. The molecule has 10 rings (SSSR count). The van der Waals surface area contributed by atoms with Crippen LogP contribution in [0.1, 0.15) is 0 Å². The third-order valence-corrected chi connectivity index (χ3v) is 9.48. The number of hydrogen-bond donors (Lipinski definition) is 0. The average molecular weight is 587 g/mol. The van der Waals surface area contributed by atoms with Crippen LogP contribution in [0, 0.1) is 0 Å². The molecule has 214 valence electrons. The van der Waals surface area contributed by atoms with Crippen molar-refractivity contribution in [1.29, 1.82) is 0 Å². The quantitative estimate of drug-likeness (QED) is 0.192. The number of benzene rings is 7. The van der Waals surface area contributed by atoms with Gasteiger partial charge >= 0.3 is 6.92 Å². The summed E-state index contributed by atoms with van der Waals surface area (Å²) in [5.74, 6) is 2.58. The van der Waals surface area contributed by atoms with Crippen molar-refractivity contribution >= 4 is 39.6 Å². The molecule has 0 saturated heterocycles. The fourth-order valence-corrected chi connectivity index (χ4v) is 7.35. The van der Waals surface area contributed by atoms with Crippen LogP contribution in [0.15, 0.2) is 158 Å². The first-order valence-corrected chi connectivity index (χ1v) is 15.7. The van der Waals surface area contributed by atoms with Crippen LogP contribution in [0.3, 0.4) is 0 Å².